The lowest BCUT2D eigenvalue weighted by atomic mass is 9.91. The highest BCUT2D eigenvalue weighted by atomic mass is 16.6. The first kappa shape index (κ1) is 20.8. The lowest BCUT2D eigenvalue weighted by Gasteiger charge is -2.37. The summed E-state index contributed by atoms with van der Waals surface area (Å²) in [7, 11) is 2.15. The number of piperidine rings is 1. The van der Waals surface area contributed by atoms with Crippen molar-refractivity contribution in [2.45, 2.75) is 59.1 Å². The van der Waals surface area contributed by atoms with Crippen molar-refractivity contribution >= 4 is 6.09 Å². The molecule has 1 aliphatic carbocycles. The van der Waals surface area contributed by atoms with Crippen LogP contribution in [-0.2, 0) is 9.47 Å². The molecule has 0 aromatic rings. The van der Waals surface area contributed by atoms with E-state index < -0.39 is 5.60 Å². The normalized spacial score (nSPS) is 24.6. The van der Waals surface area contributed by atoms with Crippen molar-refractivity contribution in [3.05, 3.63) is 24.0 Å². The maximum atomic E-state index is 12.1. The molecule has 2 unspecified atom stereocenters. The number of hydrogen-bond acceptors (Lipinski definition) is 4. The summed E-state index contributed by atoms with van der Waals surface area (Å²) in [5, 5.41) is 0. The van der Waals surface area contributed by atoms with E-state index in [2.05, 4.69) is 44.0 Å². The van der Waals surface area contributed by atoms with Crippen molar-refractivity contribution < 1.29 is 14.3 Å². The van der Waals surface area contributed by atoms with Gasteiger partial charge < -0.3 is 14.4 Å². The molecule has 0 aromatic heterocycles. The van der Waals surface area contributed by atoms with Crippen LogP contribution in [0.5, 0.6) is 0 Å². The van der Waals surface area contributed by atoms with Crippen LogP contribution in [0.1, 0.15) is 47.5 Å². The smallest absolute Gasteiger partial charge is 0.410 e. The molecule has 0 aromatic carbocycles. The van der Waals surface area contributed by atoms with Gasteiger partial charge in [-0.05, 0) is 64.6 Å². The van der Waals surface area contributed by atoms with Crippen molar-refractivity contribution in [2.24, 2.45) is 11.8 Å². The maximum Gasteiger partial charge on any atom is 0.410 e. The van der Waals surface area contributed by atoms with Crippen molar-refractivity contribution in [1.29, 1.82) is 0 Å². The second kappa shape index (κ2) is 8.94. The monoisotopic (exact) mass is 364 g/mol. The minimum Gasteiger partial charge on any atom is -0.493 e. The molecule has 0 bridgehead atoms. The molecule has 5 heteroatoms. The number of ether oxygens (including phenoxy) is 2. The fourth-order valence-electron chi connectivity index (χ4n) is 3.29. The van der Waals surface area contributed by atoms with Gasteiger partial charge >= 0.3 is 6.09 Å². The van der Waals surface area contributed by atoms with Gasteiger partial charge in [0, 0.05) is 25.7 Å². The largest absolute Gasteiger partial charge is 0.493 e. The topological polar surface area (TPSA) is 42.0 Å². The number of carbonyl (C=O) groups excluding carboxylic acids is 1. The number of carbonyl (C=O) groups is 1. The lowest BCUT2D eigenvalue weighted by Crippen LogP contribution is -2.47. The molecular weight excluding hydrogens is 328 g/mol. The van der Waals surface area contributed by atoms with E-state index in [0.29, 0.717) is 24.5 Å². The average Bonchev–Trinajstić information content (AvgIpc) is 2.56. The summed E-state index contributed by atoms with van der Waals surface area (Å²) in [5.41, 5.74) is -0.431. The van der Waals surface area contributed by atoms with Crippen molar-refractivity contribution in [2.75, 3.05) is 33.3 Å². The summed E-state index contributed by atoms with van der Waals surface area (Å²) in [6.07, 6.45) is 8.28. The van der Waals surface area contributed by atoms with Crippen LogP contribution in [0.15, 0.2) is 24.0 Å². The molecule has 1 fully saturated rings. The molecule has 2 atom stereocenters. The molecule has 0 radical (unpaired) electrons. The number of allylic oxidation sites excluding steroid dienone is 3. The van der Waals surface area contributed by atoms with Gasteiger partial charge in [-0.25, -0.2) is 4.79 Å². The summed E-state index contributed by atoms with van der Waals surface area (Å²) in [4.78, 5) is 16.3. The van der Waals surface area contributed by atoms with E-state index in [0.717, 1.165) is 38.2 Å². The van der Waals surface area contributed by atoms with Crippen LogP contribution in [0.3, 0.4) is 0 Å². The molecule has 26 heavy (non-hydrogen) atoms. The number of rotatable bonds is 5. The van der Waals surface area contributed by atoms with Crippen LogP contribution in [0, 0.1) is 11.8 Å². The van der Waals surface area contributed by atoms with Crippen LogP contribution in [0.25, 0.3) is 0 Å². The maximum absolute atomic E-state index is 12.1. The average molecular weight is 365 g/mol. The van der Waals surface area contributed by atoms with Gasteiger partial charge in [0.25, 0.3) is 0 Å². The first-order chi connectivity index (χ1) is 12.2. The van der Waals surface area contributed by atoms with Crippen LogP contribution >= 0.6 is 0 Å². The van der Waals surface area contributed by atoms with E-state index in [4.69, 9.17) is 9.47 Å². The zero-order chi connectivity index (χ0) is 19.3. The van der Waals surface area contributed by atoms with Gasteiger partial charge in [-0.3, -0.25) is 4.90 Å². The Morgan fingerprint density at radius 1 is 1.23 bits per heavy atom. The Balaban J connectivity index is 1.68. The summed E-state index contributed by atoms with van der Waals surface area (Å²) in [5.74, 6) is 2.11. The van der Waals surface area contributed by atoms with E-state index in [1.54, 1.807) is 0 Å². The highest BCUT2D eigenvalue weighted by Gasteiger charge is 2.28. The second-order valence-corrected chi connectivity index (χ2v) is 8.67. The minimum absolute atomic E-state index is 0.193. The van der Waals surface area contributed by atoms with Gasteiger partial charge in [0.15, 0.2) is 0 Å². The molecule has 0 saturated carbocycles. The van der Waals surface area contributed by atoms with Crippen LogP contribution in [0.4, 0.5) is 4.79 Å². The predicted octanol–water partition coefficient (Wildman–Crippen LogP) is 4.06. The highest BCUT2D eigenvalue weighted by molar-refractivity contribution is 5.68. The first-order valence-electron chi connectivity index (χ1n) is 9.86. The Labute approximate surface area is 159 Å². The predicted molar refractivity (Wildman–Crippen MR) is 105 cm³/mol. The fraction of sp³-hybridized carbons (Fsp3) is 0.762. The fourth-order valence-corrected chi connectivity index (χ4v) is 3.29. The SMILES string of the molecule is CC1C=CC(OCCN(C)C2CCN(C(=O)OC(C)(C)C)CC2)=CC1C. The summed E-state index contributed by atoms with van der Waals surface area (Å²) >= 11 is 0. The molecule has 1 aliphatic heterocycles. The lowest BCUT2D eigenvalue weighted by molar-refractivity contribution is 0.0147. The van der Waals surface area contributed by atoms with Gasteiger partial charge in [0.2, 0.25) is 0 Å². The first-order valence-corrected chi connectivity index (χ1v) is 9.86. The minimum atomic E-state index is -0.431. The molecule has 1 amide bonds. The van der Waals surface area contributed by atoms with Crippen LogP contribution in [-0.4, -0.2) is 60.8 Å². The molecule has 148 valence electrons. The molecule has 2 aliphatic rings. The van der Waals surface area contributed by atoms with E-state index in [9.17, 15) is 4.79 Å². The van der Waals surface area contributed by atoms with E-state index in [1.807, 2.05) is 25.7 Å². The second-order valence-electron chi connectivity index (χ2n) is 8.67. The summed E-state index contributed by atoms with van der Waals surface area (Å²) in [6.45, 7) is 13.3. The third kappa shape index (κ3) is 6.35. The Kier molecular flexibility index (Phi) is 7.16. The Morgan fingerprint density at radius 3 is 2.46 bits per heavy atom. The quantitative estimate of drug-likeness (QED) is 0.738. The van der Waals surface area contributed by atoms with Gasteiger partial charge in [0.05, 0.1) is 0 Å². The third-order valence-electron chi connectivity index (χ3n) is 5.27. The number of likely N-dealkylation sites (N-methyl/N-ethyl adjacent to an activating group) is 1. The molecule has 2 rings (SSSR count). The Bertz CT molecular complexity index is 528. The zero-order valence-electron chi connectivity index (χ0n) is 17.3. The number of hydrogen-bond donors (Lipinski definition) is 0. The van der Waals surface area contributed by atoms with Crippen molar-refractivity contribution in [3.63, 3.8) is 0 Å². The van der Waals surface area contributed by atoms with Crippen molar-refractivity contribution in [3.8, 4) is 0 Å². The van der Waals surface area contributed by atoms with Gasteiger partial charge in [-0.15, -0.1) is 0 Å². The zero-order valence-corrected chi connectivity index (χ0v) is 17.3. The molecule has 5 nitrogen and oxygen atoms in total. The Morgan fingerprint density at radius 2 is 1.88 bits per heavy atom. The van der Waals surface area contributed by atoms with Gasteiger partial charge in [-0.1, -0.05) is 19.9 Å². The number of nitrogens with zero attached hydrogens (tertiary/aromatic N) is 2. The molecule has 0 spiro atoms. The van der Waals surface area contributed by atoms with Crippen LogP contribution in [0.2, 0.25) is 0 Å². The Hall–Kier alpha value is -1.49. The number of likely N-dealkylation sites (tertiary alicyclic amines) is 1. The van der Waals surface area contributed by atoms with Crippen molar-refractivity contribution in [1.82, 2.24) is 9.80 Å². The van der Waals surface area contributed by atoms with Gasteiger partial charge in [-0.2, -0.15) is 0 Å². The highest BCUT2D eigenvalue weighted by Crippen LogP contribution is 2.23. The molecular formula is C21H36N2O3. The summed E-state index contributed by atoms with van der Waals surface area (Å²) < 4.78 is 11.4. The molecule has 1 saturated heterocycles. The van der Waals surface area contributed by atoms with E-state index >= 15 is 0 Å². The van der Waals surface area contributed by atoms with E-state index in [1.165, 1.54) is 0 Å². The molecule has 1 heterocycles. The summed E-state index contributed by atoms with van der Waals surface area (Å²) in [6, 6.07) is 0.493. The standard InChI is InChI=1S/C21H36N2O3/c1-16-7-8-19(15-17(16)2)25-14-13-22(6)18-9-11-23(12-10-18)20(24)26-21(3,4)5/h7-8,15-18H,9-14H2,1-6H3. The third-order valence-corrected chi connectivity index (χ3v) is 5.27. The molecule has 0 N–H and O–H groups in total. The number of amides is 1. The van der Waals surface area contributed by atoms with E-state index in [-0.39, 0.29) is 6.09 Å². The van der Waals surface area contributed by atoms with Gasteiger partial charge in [0.1, 0.15) is 18.0 Å². The van der Waals surface area contributed by atoms with Crippen LogP contribution < -0.4 is 0 Å².